The maximum absolute atomic E-state index is 11.4. The van der Waals surface area contributed by atoms with Crippen LogP contribution in [0.4, 0.5) is 0 Å². The molecule has 1 aliphatic carbocycles. The normalized spacial score (nSPS) is 18.3. The van der Waals surface area contributed by atoms with Crippen molar-refractivity contribution >= 4 is 22.1 Å². The maximum atomic E-state index is 11.4. The van der Waals surface area contributed by atoms with Crippen LogP contribution in [0.25, 0.3) is 33.3 Å². The summed E-state index contributed by atoms with van der Waals surface area (Å²) in [5.41, 5.74) is 5.71. The topological polar surface area (TPSA) is 67.1 Å². The fourth-order valence-corrected chi connectivity index (χ4v) is 4.63. The summed E-state index contributed by atoms with van der Waals surface area (Å²) in [4.78, 5) is 21.7. The Bertz CT molecular complexity index is 1240. The zero-order valence-electron chi connectivity index (χ0n) is 15.6. The smallest absolute Gasteiger partial charge is 0.408 e. The monoisotopic (exact) mass is 374 g/mol. The first kappa shape index (κ1) is 16.1. The summed E-state index contributed by atoms with van der Waals surface area (Å²) in [6.45, 7) is 3.25. The van der Waals surface area contributed by atoms with Gasteiger partial charge in [0.1, 0.15) is 5.82 Å². The summed E-state index contributed by atoms with van der Waals surface area (Å²) >= 11 is 0. The zero-order chi connectivity index (χ0) is 18.7. The van der Waals surface area contributed by atoms with Crippen molar-refractivity contribution in [1.29, 1.82) is 0 Å². The van der Waals surface area contributed by atoms with Crippen molar-refractivity contribution in [2.45, 2.75) is 38.3 Å². The molecule has 2 aromatic carbocycles. The van der Waals surface area contributed by atoms with E-state index in [2.05, 4.69) is 32.7 Å². The first-order valence-electron chi connectivity index (χ1n) is 10.1. The van der Waals surface area contributed by atoms with Gasteiger partial charge in [-0.05, 0) is 48.2 Å². The second kappa shape index (κ2) is 6.07. The number of hydrogen-bond acceptors (Lipinski definition) is 4. The number of benzene rings is 2. The van der Waals surface area contributed by atoms with Crippen LogP contribution in [-0.2, 0) is 13.0 Å². The van der Waals surface area contributed by atoms with E-state index < -0.39 is 5.76 Å². The van der Waals surface area contributed by atoms with E-state index in [9.17, 15) is 4.79 Å². The number of imidazole rings is 1. The number of rotatable bonds is 2. The first-order valence-corrected chi connectivity index (χ1v) is 10.1. The molecule has 1 aliphatic heterocycles. The maximum Gasteiger partial charge on any atom is 0.417 e. The molecule has 0 bridgehead atoms. The average Bonchev–Trinajstić information content (AvgIpc) is 3.13. The van der Waals surface area contributed by atoms with Crippen molar-refractivity contribution < 1.29 is 4.42 Å². The Hall–Kier alpha value is -2.86. The molecule has 2 aliphatic rings. The van der Waals surface area contributed by atoms with E-state index in [1.54, 1.807) is 0 Å². The van der Waals surface area contributed by atoms with Crippen molar-refractivity contribution in [3.8, 4) is 11.1 Å². The highest BCUT2D eigenvalue weighted by Gasteiger charge is 2.27. The third-order valence-electron chi connectivity index (χ3n) is 6.40. The summed E-state index contributed by atoms with van der Waals surface area (Å²) in [5.74, 6) is 0.778. The minimum absolute atomic E-state index is 0.420. The number of hydrogen-bond donors (Lipinski definition) is 1. The molecule has 6 heteroatoms. The molecular formula is C22H22N4O2. The first-order chi connectivity index (χ1) is 13.7. The molecule has 6 nitrogen and oxygen atoms in total. The molecule has 1 saturated carbocycles. The second-order valence-corrected chi connectivity index (χ2v) is 7.98. The molecule has 3 heterocycles. The van der Waals surface area contributed by atoms with Crippen molar-refractivity contribution in [1.82, 2.24) is 19.4 Å². The summed E-state index contributed by atoms with van der Waals surface area (Å²) in [5, 5.41) is 0. The standard InChI is InChI=1S/C22H22N4O2/c27-22-24-18-13-15(5-7-20(18)28-22)14-4-6-19-17(12-14)23-21-8-9-25(10-11-26(19)21)16-2-1-3-16/h4-7,12-13,16H,1-3,8-11H2,(H,24,27). The van der Waals surface area contributed by atoms with Gasteiger partial charge in [-0.25, -0.2) is 9.78 Å². The van der Waals surface area contributed by atoms with Gasteiger partial charge in [0.25, 0.3) is 0 Å². The summed E-state index contributed by atoms with van der Waals surface area (Å²) < 4.78 is 7.50. The third kappa shape index (κ3) is 2.52. The number of aromatic amines is 1. The molecule has 1 N–H and O–H groups in total. The number of H-pyrrole nitrogens is 1. The molecule has 0 saturated heterocycles. The van der Waals surface area contributed by atoms with E-state index in [-0.39, 0.29) is 0 Å². The fraction of sp³-hybridized carbons (Fsp3) is 0.364. The molecule has 0 unspecified atom stereocenters. The number of oxazole rings is 1. The largest absolute Gasteiger partial charge is 0.417 e. The predicted molar refractivity (Wildman–Crippen MR) is 108 cm³/mol. The molecule has 4 aromatic rings. The lowest BCUT2D eigenvalue weighted by atomic mass is 9.91. The quantitative estimate of drug-likeness (QED) is 0.583. The number of aromatic nitrogens is 3. The Labute approximate surface area is 161 Å². The van der Waals surface area contributed by atoms with Crippen LogP contribution in [0, 0.1) is 0 Å². The molecule has 0 spiro atoms. The van der Waals surface area contributed by atoms with E-state index in [0.29, 0.717) is 5.58 Å². The molecule has 28 heavy (non-hydrogen) atoms. The van der Waals surface area contributed by atoms with Gasteiger partial charge < -0.3 is 8.98 Å². The lowest BCUT2D eigenvalue weighted by Crippen LogP contribution is -2.41. The van der Waals surface area contributed by atoms with Crippen LogP contribution in [0.5, 0.6) is 0 Å². The predicted octanol–water partition coefficient (Wildman–Crippen LogP) is 3.55. The molecular weight excluding hydrogens is 352 g/mol. The van der Waals surface area contributed by atoms with Crippen molar-refractivity contribution in [3.05, 3.63) is 52.8 Å². The van der Waals surface area contributed by atoms with Crippen LogP contribution in [0.2, 0.25) is 0 Å². The zero-order valence-corrected chi connectivity index (χ0v) is 15.6. The summed E-state index contributed by atoms with van der Waals surface area (Å²) in [6, 6.07) is 13.1. The molecule has 1 fully saturated rings. The van der Waals surface area contributed by atoms with Gasteiger partial charge in [0.15, 0.2) is 5.58 Å². The van der Waals surface area contributed by atoms with Gasteiger partial charge in [-0.2, -0.15) is 0 Å². The lowest BCUT2D eigenvalue weighted by Gasteiger charge is -2.36. The van der Waals surface area contributed by atoms with Crippen molar-refractivity contribution in [2.75, 3.05) is 13.1 Å². The van der Waals surface area contributed by atoms with E-state index >= 15 is 0 Å². The Morgan fingerprint density at radius 1 is 1.04 bits per heavy atom. The van der Waals surface area contributed by atoms with Crippen LogP contribution in [0.15, 0.2) is 45.6 Å². The Morgan fingerprint density at radius 3 is 2.75 bits per heavy atom. The van der Waals surface area contributed by atoms with E-state index in [0.717, 1.165) is 54.3 Å². The number of nitrogens with zero attached hydrogens (tertiary/aromatic N) is 3. The summed E-state index contributed by atoms with van der Waals surface area (Å²) in [6.07, 6.45) is 5.12. The van der Waals surface area contributed by atoms with E-state index in [1.165, 1.54) is 30.6 Å². The molecule has 2 aromatic heterocycles. The third-order valence-corrected chi connectivity index (χ3v) is 6.40. The van der Waals surface area contributed by atoms with Crippen LogP contribution in [0.3, 0.4) is 0 Å². The molecule has 142 valence electrons. The van der Waals surface area contributed by atoms with Gasteiger partial charge in [0, 0.05) is 32.1 Å². The molecule has 0 radical (unpaired) electrons. The highest BCUT2D eigenvalue weighted by molar-refractivity contribution is 5.86. The molecule has 0 amide bonds. The fourth-order valence-electron chi connectivity index (χ4n) is 4.63. The second-order valence-electron chi connectivity index (χ2n) is 7.98. The molecule has 6 rings (SSSR count). The Kier molecular flexibility index (Phi) is 3.50. The van der Waals surface area contributed by atoms with Gasteiger partial charge >= 0.3 is 5.76 Å². The lowest BCUT2D eigenvalue weighted by molar-refractivity contribution is 0.130. The van der Waals surface area contributed by atoms with Gasteiger partial charge in [-0.1, -0.05) is 18.6 Å². The van der Waals surface area contributed by atoms with Gasteiger partial charge in [-0.3, -0.25) is 9.88 Å². The van der Waals surface area contributed by atoms with E-state index in [4.69, 9.17) is 9.40 Å². The van der Waals surface area contributed by atoms with Gasteiger partial charge in [-0.15, -0.1) is 0 Å². The van der Waals surface area contributed by atoms with Crippen LogP contribution in [0.1, 0.15) is 25.1 Å². The van der Waals surface area contributed by atoms with Crippen LogP contribution in [-0.4, -0.2) is 38.6 Å². The van der Waals surface area contributed by atoms with Crippen molar-refractivity contribution in [2.24, 2.45) is 0 Å². The number of nitrogens with one attached hydrogen (secondary N) is 1. The Morgan fingerprint density at radius 2 is 1.89 bits per heavy atom. The SMILES string of the molecule is O=c1[nH]c2cc(-c3ccc4c(c3)nc3n4CCN(C4CCC4)CC3)ccc2o1. The number of fused-ring (bicyclic) bond motifs is 4. The minimum Gasteiger partial charge on any atom is -0.408 e. The van der Waals surface area contributed by atoms with E-state index in [1.807, 2.05) is 18.2 Å². The van der Waals surface area contributed by atoms with Gasteiger partial charge in [0.2, 0.25) is 0 Å². The average molecular weight is 374 g/mol. The molecule has 0 atom stereocenters. The summed E-state index contributed by atoms with van der Waals surface area (Å²) in [7, 11) is 0. The minimum atomic E-state index is -0.420. The van der Waals surface area contributed by atoms with Gasteiger partial charge in [0.05, 0.1) is 16.6 Å². The van der Waals surface area contributed by atoms with Crippen molar-refractivity contribution in [3.63, 3.8) is 0 Å². The van der Waals surface area contributed by atoms with Crippen LogP contribution < -0.4 is 5.76 Å². The highest BCUT2D eigenvalue weighted by atomic mass is 16.4. The van der Waals surface area contributed by atoms with Crippen LogP contribution >= 0.6 is 0 Å². The Balaban J connectivity index is 1.35. The highest BCUT2D eigenvalue weighted by Crippen LogP contribution is 2.30.